The number of nitrogens with one attached hydrogen (secondary N) is 1. The minimum atomic E-state index is 0.386. The van der Waals surface area contributed by atoms with Gasteiger partial charge in [-0.2, -0.15) is 15.5 Å². The van der Waals surface area contributed by atoms with E-state index >= 15 is 0 Å². The van der Waals surface area contributed by atoms with Crippen LogP contribution in [0.3, 0.4) is 0 Å². The van der Waals surface area contributed by atoms with Gasteiger partial charge in [-0.05, 0) is 32.0 Å². The summed E-state index contributed by atoms with van der Waals surface area (Å²) in [6.45, 7) is 3.72. The number of aromatic amines is 1. The van der Waals surface area contributed by atoms with Gasteiger partial charge in [-0.1, -0.05) is 23.7 Å². The largest absolute Gasteiger partial charge is 0.385 e. The molecule has 9 heteroatoms. The highest BCUT2D eigenvalue weighted by molar-refractivity contribution is 6.31. The predicted octanol–water partition coefficient (Wildman–Crippen LogP) is 4.00. The number of hydrogen-bond acceptors (Lipinski definition) is 5. The SMILES string of the molecule is Cc1nn(-c2cc(N)[nH]c3c(ccn2)c(-c2ccc(C#N)cc2)nn3C)c(C)c1Cl. The number of benzene rings is 1. The predicted molar refractivity (Wildman–Crippen MR) is 117 cm³/mol. The van der Waals surface area contributed by atoms with Gasteiger partial charge in [-0.3, -0.25) is 4.68 Å². The van der Waals surface area contributed by atoms with Crippen LogP contribution in [0.2, 0.25) is 5.02 Å². The van der Waals surface area contributed by atoms with Crippen molar-refractivity contribution in [3.63, 3.8) is 0 Å². The Morgan fingerprint density at radius 1 is 1.13 bits per heavy atom. The number of halogens is 1. The van der Waals surface area contributed by atoms with E-state index < -0.39 is 0 Å². The Balaban J connectivity index is 1.95. The lowest BCUT2D eigenvalue weighted by molar-refractivity contribution is 0.790. The zero-order chi connectivity index (χ0) is 21.4. The first kappa shape index (κ1) is 19.5. The lowest BCUT2D eigenvalue weighted by Gasteiger charge is -2.01. The van der Waals surface area contributed by atoms with Gasteiger partial charge in [0.25, 0.3) is 0 Å². The number of aromatic nitrogens is 6. The number of nitriles is 1. The van der Waals surface area contributed by atoms with Crippen LogP contribution >= 0.6 is 11.6 Å². The summed E-state index contributed by atoms with van der Waals surface area (Å²) in [6, 6.07) is 13.0. The molecule has 0 aliphatic carbocycles. The summed E-state index contributed by atoms with van der Waals surface area (Å²) >= 11 is 6.29. The highest BCUT2D eigenvalue weighted by Crippen LogP contribution is 2.27. The maximum atomic E-state index is 9.04. The van der Waals surface area contributed by atoms with Crippen LogP contribution < -0.4 is 5.73 Å². The minimum Gasteiger partial charge on any atom is -0.385 e. The van der Waals surface area contributed by atoms with Crippen molar-refractivity contribution in [1.82, 2.24) is 29.5 Å². The molecule has 30 heavy (non-hydrogen) atoms. The number of aryl methyl sites for hydroxylation is 2. The summed E-state index contributed by atoms with van der Waals surface area (Å²) in [5.41, 5.74) is 10.7. The van der Waals surface area contributed by atoms with E-state index in [4.69, 9.17) is 22.6 Å². The first-order valence-electron chi connectivity index (χ1n) is 9.17. The molecular formula is C21H19ClN8. The molecule has 0 aliphatic rings. The van der Waals surface area contributed by atoms with Crippen LogP contribution in [0.15, 0.2) is 42.6 Å². The minimum absolute atomic E-state index is 0.386. The molecule has 0 radical (unpaired) electrons. The average molecular weight is 419 g/mol. The number of nitrogens with zero attached hydrogens (tertiary/aromatic N) is 6. The van der Waals surface area contributed by atoms with Crippen molar-refractivity contribution < 1.29 is 0 Å². The van der Waals surface area contributed by atoms with Gasteiger partial charge in [-0.25, -0.2) is 9.67 Å². The Bertz CT molecular complexity index is 1350. The van der Waals surface area contributed by atoms with Gasteiger partial charge in [0, 0.05) is 30.3 Å². The number of rotatable bonds is 2. The van der Waals surface area contributed by atoms with Crippen LogP contribution in [0.5, 0.6) is 0 Å². The number of fused-ring (bicyclic) bond motifs is 1. The summed E-state index contributed by atoms with van der Waals surface area (Å²) in [5, 5.41) is 19.5. The second-order valence-corrected chi connectivity index (χ2v) is 7.23. The lowest BCUT2D eigenvalue weighted by Crippen LogP contribution is -2.01. The molecule has 0 unspecified atom stereocenters. The Kier molecular flexibility index (Phi) is 4.90. The van der Waals surface area contributed by atoms with Gasteiger partial charge in [0.2, 0.25) is 0 Å². The van der Waals surface area contributed by atoms with Gasteiger partial charge < -0.3 is 10.7 Å². The van der Waals surface area contributed by atoms with Crippen LogP contribution in [-0.2, 0) is 7.05 Å². The van der Waals surface area contributed by atoms with Crippen LogP contribution in [0.1, 0.15) is 17.0 Å². The standard InChI is InChI=1S/C21H19ClN8/c1-12-19(22)13(2)30(27-12)18-10-17(24)26-21-16(8-9-25-18)20(28-29(21)3)15-6-4-14(11-23)5-7-15/h4-10,26H,24H2,1-3H3. The van der Waals surface area contributed by atoms with E-state index in [1.165, 1.54) is 0 Å². The average Bonchev–Trinajstić information content (AvgIpc) is 3.20. The molecule has 0 aliphatic heterocycles. The number of hydrogen-bond donors (Lipinski definition) is 2. The summed E-state index contributed by atoms with van der Waals surface area (Å²) in [4.78, 5) is 7.76. The summed E-state index contributed by atoms with van der Waals surface area (Å²) in [7, 11) is 1.83. The molecule has 8 nitrogen and oxygen atoms in total. The summed E-state index contributed by atoms with van der Waals surface area (Å²) in [6.07, 6.45) is 1.68. The highest BCUT2D eigenvalue weighted by atomic mass is 35.5. The van der Waals surface area contributed by atoms with Gasteiger partial charge in [-0.15, -0.1) is 0 Å². The molecule has 3 heterocycles. The Morgan fingerprint density at radius 3 is 2.50 bits per heavy atom. The van der Waals surface area contributed by atoms with Crippen LogP contribution in [0, 0.1) is 25.2 Å². The highest BCUT2D eigenvalue weighted by Gasteiger charge is 2.13. The summed E-state index contributed by atoms with van der Waals surface area (Å²) in [5.74, 6) is 0.918. The molecule has 1 aromatic carbocycles. The molecule has 150 valence electrons. The zero-order valence-corrected chi connectivity index (χ0v) is 17.4. The van der Waals surface area contributed by atoms with Crippen molar-refractivity contribution in [1.29, 1.82) is 5.26 Å². The monoisotopic (exact) mass is 418 g/mol. The second kappa shape index (κ2) is 7.54. The number of anilines is 1. The van der Waals surface area contributed by atoms with Crippen molar-refractivity contribution in [2.75, 3.05) is 5.73 Å². The maximum absolute atomic E-state index is 9.04. The quantitative estimate of drug-likeness (QED) is 0.510. The first-order chi connectivity index (χ1) is 14.4. The number of nitrogens with two attached hydrogens (primary N) is 1. The maximum Gasteiger partial charge on any atom is 0.157 e. The van der Waals surface area contributed by atoms with E-state index in [2.05, 4.69) is 26.2 Å². The van der Waals surface area contributed by atoms with Crippen molar-refractivity contribution in [2.24, 2.45) is 7.05 Å². The third-order valence-electron chi connectivity index (χ3n) is 4.79. The number of nitrogen functional groups attached to an aromatic ring is 1. The van der Waals surface area contributed by atoms with Crippen LogP contribution in [0.25, 0.3) is 28.1 Å². The molecule has 0 amide bonds. The van der Waals surface area contributed by atoms with E-state index in [9.17, 15) is 0 Å². The van der Waals surface area contributed by atoms with Gasteiger partial charge >= 0.3 is 0 Å². The Labute approximate surface area is 177 Å². The fraction of sp³-hybridized carbons (Fsp3) is 0.143. The van der Waals surface area contributed by atoms with Crippen LogP contribution in [-0.4, -0.2) is 29.5 Å². The smallest absolute Gasteiger partial charge is 0.157 e. The molecule has 0 saturated carbocycles. The summed E-state index contributed by atoms with van der Waals surface area (Å²) < 4.78 is 3.38. The first-order valence-corrected chi connectivity index (χ1v) is 9.55. The van der Waals surface area contributed by atoms with Gasteiger partial charge in [0.1, 0.15) is 17.2 Å². The molecular weight excluding hydrogens is 400 g/mol. The third kappa shape index (κ3) is 3.36. The normalized spacial score (nSPS) is 10.8. The van der Waals surface area contributed by atoms with Crippen molar-refractivity contribution in [3.8, 4) is 23.1 Å². The Morgan fingerprint density at radius 2 is 1.87 bits per heavy atom. The fourth-order valence-electron chi connectivity index (χ4n) is 3.26. The van der Waals surface area contributed by atoms with E-state index in [-0.39, 0.29) is 0 Å². The molecule has 4 rings (SSSR count). The van der Waals surface area contributed by atoms with Crippen molar-refractivity contribution in [2.45, 2.75) is 13.8 Å². The topological polar surface area (TPSA) is 114 Å². The zero-order valence-electron chi connectivity index (χ0n) is 16.7. The van der Waals surface area contributed by atoms with E-state index in [0.29, 0.717) is 22.2 Å². The van der Waals surface area contributed by atoms with Gasteiger partial charge in [0.15, 0.2) is 5.82 Å². The van der Waals surface area contributed by atoms with Crippen molar-refractivity contribution in [3.05, 3.63) is 64.6 Å². The Hall–Kier alpha value is -3.83. The molecule has 0 spiro atoms. The van der Waals surface area contributed by atoms with Crippen molar-refractivity contribution >= 4 is 28.5 Å². The molecule has 0 saturated heterocycles. The van der Waals surface area contributed by atoms with Gasteiger partial charge in [0.05, 0.1) is 28.0 Å². The molecule has 3 aromatic heterocycles. The lowest BCUT2D eigenvalue weighted by atomic mass is 10.1. The molecule has 0 atom stereocenters. The van der Waals surface area contributed by atoms with E-state index in [1.807, 2.05) is 39.1 Å². The van der Waals surface area contributed by atoms with E-state index in [0.717, 1.165) is 33.7 Å². The van der Waals surface area contributed by atoms with Crippen LogP contribution in [0.4, 0.5) is 5.82 Å². The second-order valence-electron chi connectivity index (χ2n) is 6.85. The molecule has 4 aromatic rings. The third-order valence-corrected chi connectivity index (χ3v) is 5.33. The van der Waals surface area contributed by atoms with E-state index in [1.54, 1.807) is 33.8 Å². The molecule has 0 bridgehead atoms. The number of H-pyrrole nitrogens is 1. The molecule has 0 fully saturated rings. The fourth-order valence-corrected chi connectivity index (χ4v) is 3.38. The molecule has 3 N–H and O–H groups in total.